The van der Waals surface area contributed by atoms with E-state index < -0.39 is 0 Å². The molecule has 0 aliphatic heterocycles. The molecule has 3 rings (SSSR count). The first kappa shape index (κ1) is 6.14. The van der Waals surface area contributed by atoms with Gasteiger partial charge in [0, 0.05) is 5.92 Å². The molecule has 0 amide bonds. The largest absolute Gasteiger partial charge is 0.295 e. The minimum atomic E-state index is 0.270. The number of ketones is 1. The Morgan fingerprint density at radius 2 is 2.30 bits per heavy atom. The summed E-state index contributed by atoms with van der Waals surface area (Å²) >= 11 is 0. The molecule has 3 aliphatic carbocycles. The molecule has 10 heavy (non-hydrogen) atoms. The molecular weight excluding hydrogens is 124 g/mol. The van der Waals surface area contributed by atoms with Gasteiger partial charge in [0.1, 0.15) is 0 Å². The second-order valence-corrected chi connectivity index (χ2v) is 3.98. The molecule has 2 bridgehead atoms. The Morgan fingerprint density at radius 3 is 2.60 bits per heavy atom. The summed E-state index contributed by atoms with van der Waals surface area (Å²) in [6.45, 7) is 4.38. The van der Waals surface area contributed by atoms with Gasteiger partial charge in [0.05, 0.1) is 0 Å². The second kappa shape index (κ2) is 1.52. The first-order valence-electron chi connectivity index (χ1n) is 3.84. The number of carbonyl (C=O) groups excluding carboxylic acids is 1. The third kappa shape index (κ3) is 0.511. The van der Waals surface area contributed by atoms with Crippen LogP contribution in [0.3, 0.4) is 0 Å². The Kier molecular flexibility index (Phi) is 0.936. The van der Waals surface area contributed by atoms with Crippen molar-refractivity contribution in [1.82, 2.24) is 0 Å². The van der Waals surface area contributed by atoms with Crippen LogP contribution in [-0.4, -0.2) is 5.78 Å². The van der Waals surface area contributed by atoms with Gasteiger partial charge in [-0.3, -0.25) is 4.79 Å². The molecule has 1 heteroatoms. The van der Waals surface area contributed by atoms with Gasteiger partial charge in [-0.1, -0.05) is 19.9 Å². The number of hydrogen-bond acceptors (Lipinski definition) is 1. The van der Waals surface area contributed by atoms with E-state index in [2.05, 4.69) is 19.9 Å². The van der Waals surface area contributed by atoms with Gasteiger partial charge < -0.3 is 0 Å². The lowest BCUT2D eigenvalue weighted by molar-refractivity contribution is -0.132. The van der Waals surface area contributed by atoms with Crippen LogP contribution in [0.25, 0.3) is 0 Å². The Labute approximate surface area is 61.1 Å². The summed E-state index contributed by atoms with van der Waals surface area (Å²) < 4.78 is 0. The van der Waals surface area contributed by atoms with Crippen LogP contribution >= 0.6 is 0 Å². The highest BCUT2D eigenvalue weighted by atomic mass is 16.1. The Balaban J connectivity index is 2.37. The molecule has 0 saturated heterocycles. The van der Waals surface area contributed by atoms with Gasteiger partial charge in [0.15, 0.2) is 5.78 Å². The van der Waals surface area contributed by atoms with Crippen LogP contribution < -0.4 is 0 Å². The zero-order valence-corrected chi connectivity index (χ0v) is 6.42. The average Bonchev–Trinajstić information content (AvgIpc) is 1.87. The summed E-state index contributed by atoms with van der Waals surface area (Å²) in [5.74, 6) is 1.35. The van der Waals surface area contributed by atoms with Crippen LogP contribution in [0.4, 0.5) is 0 Å². The summed E-state index contributed by atoms with van der Waals surface area (Å²) in [5.41, 5.74) is 0.270. The molecule has 1 saturated carbocycles. The Hall–Kier alpha value is -0.590. The number of carbonyl (C=O) groups is 1. The zero-order chi connectivity index (χ0) is 7.35. The van der Waals surface area contributed by atoms with Crippen molar-refractivity contribution < 1.29 is 4.79 Å². The van der Waals surface area contributed by atoms with E-state index in [0.717, 1.165) is 6.42 Å². The van der Waals surface area contributed by atoms with E-state index >= 15 is 0 Å². The van der Waals surface area contributed by atoms with Gasteiger partial charge in [0.25, 0.3) is 0 Å². The summed E-state index contributed by atoms with van der Waals surface area (Å²) in [6.07, 6.45) is 4.93. The summed E-state index contributed by atoms with van der Waals surface area (Å²) in [6, 6.07) is 0. The van der Waals surface area contributed by atoms with Crippen LogP contribution in [0.15, 0.2) is 12.2 Å². The van der Waals surface area contributed by atoms with Crippen molar-refractivity contribution in [1.29, 1.82) is 0 Å². The van der Waals surface area contributed by atoms with Crippen LogP contribution in [0, 0.1) is 17.3 Å². The highest BCUT2D eigenvalue weighted by Crippen LogP contribution is 2.54. The normalized spacial score (nSPS) is 41.2. The molecule has 0 spiro atoms. The van der Waals surface area contributed by atoms with Gasteiger partial charge in [-0.15, -0.1) is 0 Å². The van der Waals surface area contributed by atoms with Crippen molar-refractivity contribution in [3.63, 3.8) is 0 Å². The molecule has 0 aromatic heterocycles. The summed E-state index contributed by atoms with van der Waals surface area (Å²) in [4.78, 5) is 11.2. The van der Waals surface area contributed by atoms with Gasteiger partial charge in [0.2, 0.25) is 0 Å². The SMILES string of the molecule is CC1(C)[C@@H]2C=CC(=O)[C@H]1C2. The quantitative estimate of drug-likeness (QED) is 0.496. The fraction of sp³-hybridized carbons (Fsp3) is 0.667. The van der Waals surface area contributed by atoms with E-state index in [1.54, 1.807) is 6.08 Å². The lowest BCUT2D eigenvalue weighted by Gasteiger charge is -2.52. The second-order valence-electron chi connectivity index (χ2n) is 3.98. The Morgan fingerprint density at radius 1 is 1.60 bits per heavy atom. The predicted molar refractivity (Wildman–Crippen MR) is 39.5 cm³/mol. The van der Waals surface area contributed by atoms with Crippen LogP contribution in [0.2, 0.25) is 0 Å². The van der Waals surface area contributed by atoms with Gasteiger partial charge in [-0.05, 0) is 23.8 Å². The van der Waals surface area contributed by atoms with E-state index in [9.17, 15) is 4.79 Å². The first-order valence-corrected chi connectivity index (χ1v) is 3.84. The number of fused-ring (bicyclic) bond motifs is 1. The molecule has 0 heterocycles. The number of allylic oxidation sites excluding steroid dienone is 2. The molecule has 1 nitrogen and oxygen atoms in total. The molecule has 0 aromatic rings. The lowest BCUT2D eigenvalue weighted by atomic mass is 9.51. The summed E-state index contributed by atoms with van der Waals surface area (Å²) in [7, 11) is 0. The lowest BCUT2D eigenvalue weighted by Crippen LogP contribution is -2.50. The standard InChI is InChI=1S/C9H12O/c1-9(2)6-3-4-8(10)7(9)5-6/h3-4,6-7H,5H2,1-2H3/t6-,7-/m1/s1. The van der Waals surface area contributed by atoms with Crippen LogP contribution in [0.5, 0.6) is 0 Å². The fourth-order valence-electron chi connectivity index (χ4n) is 2.10. The zero-order valence-electron chi connectivity index (χ0n) is 6.42. The van der Waals surface area contributed by atoms with E-state index in [4.69, 9.17) is 0 Å². The molecule has 1 fully saturated rings. The summed E-state index contributed by atoms with van der Waals surface area (Å²) in [5, 5.41) is 0. The molecular formula is C9H12O. The fourth-order valence-corrected chi connectivity index (χ4v) is 2.10. The Bertz CT molecular complexity index is 213. The monoisotopic (exact) mass is 136 g/mol. The first-order chi connectivity index (χ1) is 4.62. The van der Waals surface area contributed by atoms with Crippen molar-refractivity contribution in [2.45, 2.75) is 20.3 Å². The third-order valence-electron chi connectivity index (χ3n) is 3.18. The van der Waals surface area contributed by atoms with Crippen molar-refractivity contribution in [3.05, 3.63) is 12.2 Å². The van der Waals surface area contributed by atoms with Crippen molar-refractivity contribution in [3.8, 4) is 0 Å². The number of hydrogen-bond donors (Lipinski definition) is 0. The maximum Gasteiger partial charge on any atom is 0.159 e. The van der Waals surface area contributed by atoms with Crippen LogP contribution in [-0.2, 0) is 4.79 Å². The van der Waals surface area contributed by atoms with E-state index in [-0.39, 0.29) is 5.41 Å². The molecule has 54 valence electrons. The van der Waals surface area contributed by atoms with E-state index in [0.29, 0.717) is 17.6 Å². The van der Waals surface area contributed by atoms with Gasteiger partial charge in [-0.2, -0.15) is 0 Å². The number of rotatable bonds is 0. The minimum Gasteiger partial charge on any atom is -0.295 e. The third-order valence-corrected chi connectivity index (χ3v) is 3.18. The minimum absolute atomic E-state index is 0.270. The van der Waals surface area contributed by atoms with E-state index in [1.165, 1.54) is 0 Å². The van der Waals surface area contributed by atoms with Gasteiger partial charge >= 0.3 is 0 Å². The van der Waals surface area contributed by atoms with Crippen molar-refractivity contribution in [2.75, 3.05) is 0 Å². The molecule has 0 unspecified atom stereocenters. The molecule has 3 aliphatic rings. The maximum absolute atomic E-state index is 11.2. The van der Waals surface area contributed by atoms with Gasteiger partial charge in [-0.25, -0.2) is 0 Å². The average molecular weight is 136 g/mol. The highest BCUT2D eigenvalue weighted by molar-refractivity contribution is 5.94. The predicted octanol–water partition coefficient (Wildman–Crippen LogP) is 1.79. The molecule has 0 aromatic carbocycles. The smallest absolute Gasteiger partial charge is 0.159 e. The molecule has 0 N–H and O–H groups in total. The van der Waals surface area contributed by atoms with E-state index in [1.807, 2.05) is 0 Å². The maximum atomic E-state index is 11.2. The van der Waals surface area contributed by atoms with Crippen molar-refractivity contribution in [2.24, 2.45) is 17.3 Å². The molecule has 0 radical (unpaired) electrons. The van der Waals surface area contributed by atoms with Crippen molar-refractivity contribution >= 4 is 5.78 Å². The topological polar surface area (TPSA) is 17.1 Å². The highest BCUT2D eigenvalue weighted by Gasteiger charge is 2.51. The molecule has 2 atom stereocenters. The van der Waals surface area contributed by atoms with Crippen LogP contribution in [0.1, 0.15) is 20.3 Å².